The van der Waals surface area contributed by atoms with Gasteiger partial charge in [0.25, 0.3) is 0 Å². The molecule has 0 aromatic heterocycles. The molecule has 1 saturated heterocycles. The maximum Gasteiger partial charge on any atom is 0.244 e. The van der Waals surface area contributed by atoms with E-state index in [0.717, 1.165) is 12.8 Å². The molecule has 1 fully saturated rings. The van der Waals surface area contributed by atoms with Crippen molar-refractivity contribution in [2.45, 2.75) is 17.7 Å². The Hall–Kier alpha value is -0.0400. The van der Waals surface area contributed by atoms with Gasteiger partial charge in [0.15, 0.2) is 0 Å². The first-order valence-electron chi connectivity index (χ1n) is 6.11. The van der Waals surface area contributed by atoms with E-state index in [1.165, 1.54) is 10.4 Å². The van der Waals surface area contributed by atoms with Gasteiger partial charge >= 0.3 is 0 Å². The highest BCUT2D eigenvalue weighted by Gasteiger charge is 2.30. The van der Waals surface area contributed by atoms with Crippen molar-refractivity contribution in [2.75, 3.05) is 19.6 Å². The van der Waals surface area contributed by atoms with Crippen LogP contribution >= 0.6 is 35.6 Å². The fourth-order valence-corrected chi connectivity index (χ4v) is 4.41. The van der Waals surface area contributed by atoms with Gasteiger partial charge in [0, 0.05) is 13.1 Å². The highest BCUT2D eigenvalue weighted by Crippen LogP contribution is 2.32. The Morgan fingerprint density at radius 3 is 2.40 bits per heavy atom. The van der Waals surface area contributed by atoms with Gasteiger partial charge in [-0.2, -0.15) is 4.31 Å². The van der Waals surface area contributed by atoms with E-state index >= 15 is 0 Å². The number of rotatable bonds is 3. The monoisotopic (exact) mass is 358 g/mol. The highest BCUT2D eigenvalue weighted by molar-refractivity contribution is 7.89. The second kappa shape index (κ2) is 7.29. The lowest BCUT2D eigenvalue weighted by Crippen LogP contribution is -2.40. The van der Waals surface area contributed by atoms with E-state index in [-0.39, 0.29) is 27.3 Å². The van der Waals surface area contributed by atoms with E-state index in [4.69, 9.17) is 28.9 Å². The van der Waals surface area contributed by atoms with Crippen molar-refractivity contribution in [1.29, 1.82) is 0 Å². The van der Waals surface area contributed by atoms with E-state index in [9.17, 15) is 8.42 Å². The third-order valence-corrected chi connectivity index (χ3v) is 6.31. The van der Waals surface area contributed by atoms with Crippen LogP contribution in [-0.2, 0) is 10.0 Å². The third-order valence-electron chi connectivity index (χ3n) is 3.44. The summed E-state index contributed by atoms with van der Waals surface area (Å²) in [6, 6.07) is 4.65. The molecular formula is C12H17Cl3N2O2S. The zero-order valence-electron chi connectivity index (χ0n) is 10.8. The molecule has 0 unspecified atom stereocenters. The first kappa shape index (κ1) is 18.0. The fourth-order valence-electron chi connectivity index (χ4n) is 2.21. The van der Waals surface area contributed by atoms with Gasteiger partial charge in [0.1, 0.15) is 4.90 Å². The van der Waals surface area contributed by atoms with E-state index in [1.54, 1.807) is 12.1 Å². The fraction of sp³-hybridized carbons (Fsp3) is 0.500. The number of nitrogens with two attached hydrogens (primary N) is 1. The van der Waals surface area contributed by atoms with Gasteiger partial charge in [0.05, 0.1) is 10.0 Å². The minimum Gasteiger partial charge on any atom is -0.330 e. The lowest BCUT2D eigenvalue weighted by molar-refractivity contribution is 0.278. The molecule has 0 aliphatic carbocycles. The first-order valence-corrected chi connectivity index (χ1v) is 8.30. The molecule has 1 aromatic rings. The van der Waals surface area contributed by atoms with Crippen LogP contribution in [0.1, 0.15) is 12.8 Å². The molecule has 1 aromatic carbocycles. The number of nitrogens with zero attached hydrogens (tertiary/aromatic N) is 1. The molecule has 0 bridgehead atoms. The maximum absolute atomic E-state index is 12.5. The number of benzene rings is 1. The smallest absolute Gasteiger partial charge is 0.244 e. The van der Waals surface area contributed by atoms with Crippen molar-refractivity contribution in [3.05, 3.63) is 28.2 Å². The van der Waals surface area contributed by atoms with Crippen LogP contribution in [0.3, 0.4) is 0 Å². The summed E-state index contributed by atoms with van der Waals surface area (Å²) in [7, 11) is -3.57. The second-order valence-corrected chi connectivity index (χ2v) is 7.33. The van der Waals surface area contributed by atoms with Crippen LogP contribution in [-0.4, -0.2) is 32.4 Å². The molecule has 4 nitrogen and oxygen atoms in total. The summed E-state index contributed by atoms with van der Waals surface area (Å²) in [6.45, 7) is 1.56. The van der Waals surface area contributed by atoms with Crippen molar-refractivity contribution in [2.24, 2.45) is 11.7 Å². The van der Waals surface area contributed by atoms with E-state index in [2.05, 4.69) is 0 Å². The zero-order chi connectivity index (χ0) is 14.0. The standard InChI is InChI=1S/C12H16Cl2N2O2S.ClH/c13-10-2-1-3-11(12(10)14)19(17,18)16-6-4-9(8-15)5-7-16;/h1-3,9H,4-8,15H2;1H. The van der Waals surface area contributed by atoms with E-state index in [0.29, 0.717) is 25.6 Å². The van der Waals surface area contributed by atoms with Crippen molar-refractivity contribution in [3.8, 4) is 0 Å². The Balaban J connectivity index is 0.00000200. The van der Waals surface area contributed by atoms with Gasteiger partial charge in [-0.3, -0.25) is 0 Å². The molecule has 2 rings (SSSR count). The van der Waals surface area contributed by atoms with Crippen LogP contribution in [0.15, 0.2) is 23.1 Å². The number of piperidine rings is 1. The SMILES string of the molecule is Cl.NCC1CCN(S(=O)(=O)c2cccc(Cl)c2Cl)CC1. The molecular weight excluding hydrogens is 343 g/mol. The number of hydrogen-bond acceptors (Lipinski definition) is 3. The average molecular weight is 360 g/mol. The third kappa shape index (κ3) is 3.59. The summed E-state index contributed by atoms with van der Waals surface area (Å²) < 4.78 is 26.5. The van der Waals surface area contributed by atoms with Crippen LogP contribution in [0.25, 0.3) is 0 Å². The normalized spacial score (nSPS) is 17.8. The summed E-state index contributed by atoms with van der Waals surface area (Å²) in [5.41, 5.74) is 5.61. The lowest BCUT2D eigenvalue weighted by atomic mass is 9.99. The molecule has 8 heteroatoms. The highest BCUT2D eigenvalue weighted by atomic mass is 35.5. The van der Waals surface area contributed by atoms with Gasteiger partial charge < -0.3 is 5.73 Å². The Kier molecular flexibility index (Phi) is 6.57. The Bertz CT molecular complexity index is 558. The van der Waals surface area contributed by atoms with Gasteiger partial charge in [-0.05, 0) is 37.4 Å². The van der Waals surface area contributed by atoms with Gasteiger partial charge in [-0.15, -0.1) is 12.4 Å². The van der Waals surface area contributed by atoms with Crippen LogP contribution in [0.5, 0.6) is 0 Å². The van der Waals surface area contributed by atoms with Crippen molar-refractivity contribution in [3.63, 3.8) is 0 Å². The maximum atomic E-state index is 12.5. The number of halogens is 3. The molecule has 1 aliphatic heterocycles. The predicted molar refractivity (Wildman–Crippen MR) is 84.2 cm³/mol. The van der Waals surface area contributed by atoms with Crippen LogP contribution in [0, 0.1) is 5.92 Å². The minimum absolute atomic E-state index is 0. The molecule has 114 valence electrons. The molecule has 0 amide bonds. The zero-order valence-corrected chi connectivity index (χ0v) is 13.9. The minimum atomic E-state index is -3.57. The Morgan fingerprint density at radius 1 is 1.25 bits per heavy atom. The second-order valence-electron chi connectivity index (χ2n) is 4.64. The van der Waals surface area contributed by atoms with Crippen LogP contribution < -0.4 is 5.73 Å². The van der Waals surface area contributed by atoms with Gasteiger partial charge in [-0.25, -0.2) is 8.42 Å². The number of sulfonamides is 1. The molecule has 0 saturated carbocycles. The summed E-state index contributed by atoms with van der Waals surface area (Å²) in [4.78, 5) is 0.0767. The quantitative estimate of drug-likeness (QED) is 0.902. The topological polar surface area (TPSA) is 63.4 Å². The average Bonchev–Trinajstić information content (AvgIpc) is 2.41. The molecule has 1 heterocycles. The number of hydrogen-bond donors (Lipinski definition) is 1. The van der Waals surface area contributed by atoms with Crippen molar-refractivity contribution in [1.82, 2.24) is 4.31 Å². The lowest BCUT2D eigenvalue weighted by Gasteiger charge is -2.30. The molecule has 0 atom stereocenters. The summed E-state index contributed by atoms with van der Waals surface area (Å²) in [5.74, 6) is 0.404. The molecule has 0 spiro atoms. The molecule has 20 heavy (non-hydrogen) atoms. The largest absolute Gasteiger partial charge is 0.330 e. The molecule has 1 aliphatic rings. The summed E-state index contributed by atoms with van der Waals surface area (Å²) >= 11 is 11.9. The summed E-state index contributed by atoms with van der Waals surface area (Å²) in [5, 5.41) is 0.338. The Labute approximate surface area is 135 Å². The van der Waals surface area contributed by atoms with E-state index in [1.807, 2.05) is 0 Å². The van der Waals surface area contributed by atoms with Crippen LogP contribution in [0.4, 0.5) is 0 Å². The molecule has 0 radical (unpaired) electrons. The van der Waals surface area contributed by atoms with Crippen LogP contribution in [0.2, 0.25) is 10.0 Å². The van der Waals surface area contributed by atoms with Gasteiger partial charge in [-0.1, -0.05) is 29.3 Å². The summed E-state index contributed by atoms with van der Waals surface area (Å²) in [6.07, 6.45) is 1.57. The van der Waals surface area contributed by atoms with Gasteiger partial charge in [0.2, 0.25) is 10.0 Å². The first-order chi connectivity index (χ1) is 8.96. The predicted octanol–water partition coefficient (Wildman–Crippen LogP) is 2.77. The molecule has 2 N–H and O–H groups in total. The van der Waals surface area contributed by atoms with E-state index < -0.39 is 10.0 Å². The van der Waals surface area contributed by atoms with Crippen molar-refractivity contribution < 1.29 is 8.42 Å². The van der Waals surface area contributed by atoms with Crippen molar-refractivity contribution >= 4 is 45.6 Å². The Morgan fingerprint density at radius 2 is 1.85 bits per heavy atom.